The van der Waals surface area contributed by atoms with Gasteiger partial charge in [-0.1, -0.05) is 6.07 Å². The predicted molar refractivity (Wildman–Crippen MR) is 94.5 cm³/mol. The van der Waals surface area contributed by atoms with Gasteiger partial charge in [-0.2, -0.15) is 0 Å². The summed E-state index contributed by atoms with van der Waals surface area (Å²) >= 11 is 1.57. The average Bonchev–Trinajstić information content (AvgIpc) is 2.90. The molecule has 1 aliphatic rings. The molecule has 1 aromatic heterocycles. The number of nitrogens with one attached hydrogen (secondary N) is 2. The minimum Gasteiger partial charge on any atom is -0.396 e. The van der Waals surface area contributed by atoms with Crippen LogP contribution in [0.4, 0.5) is 10.1 Å². The quantitative estimate of drug-likeness (QED) is 0.731. The fraction of sp³-hybridized carbons (Fsp3) is 0.294. The van der Waals surface area contributed by atoms with Crippen LogP contribution in [-0.2, 0) is 10.3 Å². The van der Waals surface area contributed by atoms with Crippen LogP contribution in [0.25, 0.3) is 11.1 Å². The van der Waals surface area contributed by atoms with Crippen molar-refractivity contribution in [3.05, 3.63) is 39.8 Å². The number of carbonyl (C=O) groups is 1. The zero-order valence-corrected chi connectivity index (χ0v) is 14.6. The second-order valence-corrected chi connectivity index (χ2v) is 7.51. The molecule has 1 saturated heterocycles. The van der Waals surface area contributed by atoms with Crippen molar-refractivity contribution in [2.45, 2.75) is 25.8 Å². The van der Waals surface area contributed by atoms with Gasteiger partial charge < -0.3 is 11.1 Å². The molecule has 0 radical (unpaired) electrons. The predicted octanol–water partition coefficient (Wildman–Crippen LogP) is 3.05. The number of nitrogen functional groups attached to an aromatic ring is 1. The summed E-state index contributed by atoms with van der Waals surface area (Å²) in [5, 5.41) is 11.1. The van der Waals surface area contributed by atoms with E-state index in [1.165, 1.54) is 11.0 Å². The molecule has 0 unspecified atom stereocenters. The van der Waals surface area contributed by atoms with Crippen molar-refractivity contribution < 1.29 is 9.18 Å². The van der Waals surface area contributed by atoms with Crippen LogP contribution in [0.1, 0.15) is 23.1 Å². The molecule has 0 saturated carbocycles. The van der Waals surface area contributed by atoms with E-state index >= 15 is 0 Å². The maximum Gasteiger partial charge on any atom is 0.231 e. The van der Waals surface area contributed by atoms with E-state index in [2.05, 4.69) is 5.32 Å². The maximum absolute atomic E-state index is 13.4. The Morgan fingerprint density at radius 1 is 1.42 bits per heavy atom. The highest BCUT2D eigenvalue weighted by molar-refractivity contribution is 7.12. The van der Waals surface area contributed by atoms with Crippen molar-refractivity contribution in [1.29, 1.82) is 5.41 Å². The SMILES string of the molecule is Cc1sc([C@]2(C)CC(=O)N(C)C(=N)N2)cc1-c1ccc(F)c(N)c1. The summed E-state index contributed by atoms with van der Waals surface area (Å²) in [7, 11) is 1.59. The largest absolute Gasteiger partial charge is 0.396 e. The molecular formula is C17H19FN4OS. The van der Waals surface area contributed by atoms with Gasteiger partial charge in [-0.15, -0.1) is 11.3 Å². The summed E-state index contributed by atoms with van der Waals surface area (Å²) in [5.74, 6) is -0.442. The number of thiophene rings is 1. The number of amides is 1. The van der Waals surface area contributed by atoms with Crippen molar-refractivity contribution >= 4 is 28.9 Å². The fourth-order valence-electron chi connectivity index (χ4n) is 2.84. The van der Waals surface area contributed by atoms with Gasteiger partial charge in [-0.3, -0.25) is 15.1 Å². The third-order valence-corrected chi connectivity index (χ3v) is 5.69. The normalized spacial score (nSPS) is 21.1. The van der Waals surface area contributed by atoms with Gasteiger partial charge in [0.05, 0.1) is 17.6 Å². The number of guanidine groups is 1. The highest BCUT2D eigenvalue weighted by Crippen LogP contribution is 2.39. The highest BCUT2D eigenvalue weighted by atomic mass is 32.1. The number of carbonyl (C=O) groups excluding carboxylic acids is 1. The summed E-state index contributed by atoms with van der Waals surface area (Å²) in [6.45, 7) is 3.90. The van der Waals surface area contributed by atoms with Gasteiger partial charge in [-0.25, -0.2) is 4.39 Å². The minimum absolute atomic E-state index is 0.0902. The lowest BCUT2D eigenvalue weighted by Gasteiger charge is -2.38. The van der Waals surface area contributed by atoms with Crippen LogP contribution in [0, 0.1) is 18.2 Å². The summed E-state index contributed by atoms with van der Waals surface area (Å²) in [4.78, 5) is 15.5. The lowest BCUT2D eigenvalue weighted by Crippen LogP contribution is -2.57. The molecule has 24 heavy (non-hydrogen) atoms. The smallest absolute Gasteiger partial charge is 0.231 e. The number of hydrogen-bond acceptors (Lipinski definition) is 4. The number of benzene rings is 1. The lowest BCUT2D eigenvalue weighted by molar-refractivity contribution is -0.129. The number of halogens is 1. The van der Waals surface area contributed by atoms with Crippen molar-refractivity contribution in [3.8, 4) is 11.1 Å². The zero-order valence-electron chi connectivity index (χ0n) is 13.7. The average molecular weight is 346 g/mol. The van der Waals surface area contributed by atoms with E-state index in [0.29, 0.717) is 0 Å². The Balaban J connectivity index is 2.01. The van der Waals surface area contributed by atoms with Crippen LogP contribution < -0.4 is 11.1 Å². The van der Waals surface area contributed by atoms with E-state index in [-0.39, 0.29) is 24.0 Å². The summed E-state index contributed by atoms with van der Waals surface area (Å²) in [5.41, 5.74) is 6.96. The topological polar surface area (TPSA) is 82.2 Å². The Hall–Kier alpha value is -2.41. The van der Waals surface area contributed by atoms with Crippen LogP contribution in [0.15, 0.2) is 24.3 Å². The van der Waals surface area contributed by atoms with Crippen LogP contribution in [-0.4, -0.2) is 23.8 Å². The van der Waals surface area contributed by atoms with Crippen LogP contribution in [0.2, 0.25) is 0 Å². The van der Waals surface area contributed by atoms with E-state index in [4.69, 9.17) is 11.1 Å². The zero-order chi connectivity index (χ0) is 17.6. The molecular weight excluding hydrogens is 327 g/mol. The number of rotatable bonds is 2. The molecule has 0 aliphatic carbocycles. The monoisotopic (exact) mass is 346 g/mol. The van der Waals surface area contributed by atoms with E-state index in [1.807, 2.05) is 19.9 Å². The Morgan fingerprint density at radius 2 is 2.12 bits per heavy atom. The molecule has 0 bridgehead atoms. The third-order valence-electron chi connectivity index (χ3n) is 4.38. The minimum atomic E-state index is -0.625. The van der Waals surface area contributed by atoms with Crippen LogP contribution >= 0.6 is 11.3 Å². The molecule has 1 fully saturated rings. The van der Waals surface area contributed by atoms with E-state index < -0.39 is 11.4 Å². The van der Waals surface area contributed by atoms with Gasteiger partial charge >= 0.3 is 0 Å². The highest BCUT2D eigenvalue weighted by Gasteiger charge is 2.39. The van der Waals surface area contributed by atoms with Gasteiger partial charge in [0.25, 0.3) is 0 Å². The Bertz CT molecular complexity index is 827. The fourth-order valence-corrected chi connectivity index (χ4v) is 3.98. The summed E-state index contributed by atoms with van der Waals surface area (Å²) in [6.07, 6.45) is 0.275. The van der Waals surface area contributed by atoms with Gasteiger partial charge in [0.15, 0.2) is 5.96 Å². The van der Waals surface area contributed by atoms with Gasteiger partial charge in [0.2, 0.25) is 5.91 Å². The van der Waals surface area contributed by atoms with E-state index in [9.17, 15) is 9.18 Å². The molecule has 2 aromatic rings. The number of hydrogen-bond donors (Lipinski definition) is 3. The molecule has 1 amide bonds. The first-order valence-corrected chi connectivity index (χ1v) is 8.32. The van der Waals surface area contributed by atoms with E-state index in [1.54, 1.807) is 30.5 Å². The molecule has 7 heteroatoms. The molecule has 5 nitrogen and oxygen atoms in total. The second kappa shape index (κ2) is 5.59. The number of aryl methyl sites for hydroxylation is 1. The first-order valence-electron chi connectivity index (χ1n) is 7.51. The first kappa shape index (κ1) is 16.4. The Kier molecular flexibility index (Phi) is 3.83. The molecule has 4 N–H and O–H groups in total. The van der Waals surface area contributed by atoms with Gasteiger partial charge in [0.1, 0.15) is 5.82 Å². The van der Waals surface area contributed by atoms with E-state index in [0.717, 1.165) is 20.9 Å². The molecule has 0 spiro atoms. The summed E-state index contributed by atoms with van der Waals surface area (Å²) < 4.78 is 13.4. The van der Waals surface area contributed by atoms with Crippen LogP contribution in [0.5, 0.6) is 0 Å². The summed E-state index contributed by atoms with van der Waals surface area (Å²) in [6, 6.07) is 6.66. The maximum atomic E-state index is 13.4. The van der Waals surface area contributed by atoms with Crippen molar-refractivity contribution in [2.75, 3.05) is 12.8 Å². The molecule has 1 aromatic carbocycles. The molecule has 1 aliphatic heterocycles. The Morgan fingerprint density at radius 3 is 2.75 bits per heavy atom. The van der Waals surface area contributed by atoms with Gasteiger partial charge in [-0.05, 0) is 43.2 Å². The number of nitrogens with two attached hydrogens (primary N) is 1. The van der Waals surface area contributed by atoms with Crippen LogP contribution in [0.3, 0.4) is 0 Å². The third kappa shape index (κ3) is 2.65. The Labute approximate surface area is 143 Å². The standard InChI is InChI=1S/C17H19FN4OS/c1-9-11(10-4-5-12(18)13(19)6-10)7-14(24-9)17(2)8-15(23)22(3)16(20)21-17/h4-7H,8,19H2,1-3H3,(H2,20,21)/t17-/m0/s1. The number of nitrogens with zero attached hydrogens (tertiary/aromatic N) is 1. The number of anilines is 1. The molecule has 3 rings (SSSR count). The molecule has 126 valence electrons. The molecule has 2 heterocycles. The molecule has 1 atom stereocenters. The van der Waals surface area contributed by atoms with Crippen molar-refractivity contribution in [1.82, 2.24) is 10.2 Å². The van der Waals surface area contributed by atoms with Gasteiger partial charge in [0, 0.05) is 16.8 Å². The van der Waals surface area contributed by atoms with Crippen molar-refractivity contribution in [3.63, 3.8) is 0 Å². The first-order chi connectivity index (χ1) is 11.2. The van der Waals surface area contributed by atoms with Crippen molar-refractivity contribution in [2.24, 2.45) is 0 Å². The second-order valence-electron chi connectivity index (χ2n) is 6.25. The lowest BCUT2D eigenvalue weighted by atomic mass is 9.92.